The topological polar surface area (TPSA) is 110 Å². The number of thioether (sulfide) groups is 1. The highest BCUT2D eigenvalue weighted by atomic mass is 32.2. The highest BCUT2D eigenvalue weighted by Gasteiger charge is 2.35. The molecular weight excluding hydrogens is 483 g/mol. The zero-order chi connectivity index (χ0) is 26.4. The predicted octanol–water partition coefficient (Wildman–Crippen LogP) is 4.39. The van der Waals surface area contributed by atoms with E-state index in [1.165, 1.54) is 24.8 Å². The molecule has 1 aliphatic rings. The summed E-state index contributed by atoms with van der Waals surface area (Å²) in [6.45, 7) is 4.58. The van der Waals surface area contributed by atoms with Crippen molar-refractivity contribution in [2.24, 2.45) is 0 Å². The van der Waals surface area contributed by atoms with Gasteiger partial charge in [0.05, 0.1) is 17.2 Å². The van der Waals surface area contributed by atoms with Crippen LogP contribution in [0.15, 0.2) is 42.1 Å². The fraction of sp³-hybridized carbons (Fsp3) is 0.417. The van der Waals surface area contributed by atoms with Crippen molar-refractivity contribution in [1.29, 1.82) is 5.26 Å². The summed E-state index contributed by atoms with van der Waals surface area (Å²) in [4.78, 5) is 38.0. The second-order valence-corrected chi connectivity index (χ2v) is 9.23. The standard InChI is InChI=1S/C24H26F3N3O4S/c1-4-20(31)30(21(32)5-2)17-8-10-18(11-9-17)35-14-23(3,34)22(33)29-16-7-6-15(13-28)19(12-16)24(25,26)27/h6-10,12,18,34H,4-5,11,14H2,1-3H3,(H,29,33)/t18?,23-/m1/s1. The van der Waals surface area contributed by atoms with E-state index in [9.17, 15) is 32.7 Å². The monoisotopic (exact) mass is 509 g/mol. The maximum atomic E-state index is 13.2. The quantitative estimate of drug-likeness (QED) is 0.538. The number of hydrogen-bond acceptors (Lipinski definition) is 6. The van der Waals surface area contributed by atoms with E-state index in [4.69, 9.17) is 5.26 Å². The second kappa shape index (κ2) is 11.6. The average molecular weight is 510 g/mol. The van der Waals surface area contributed by atoms with E-state index < -0.39 is 28.8 Å². The molecule has 3 amide bonds. The Morgan fingerprint density at radius 1 is 1.23 bits per heavy atom. The molecule has 1 aromatic carbocycles. The minimum Gasteiger partial charge on any atom is -0.379 e. The first-order valence-electron chi connectivity index (χ1n) is 10.8. The van der Waals surface area contributed by atoms with Gasteiger partial charge in [-0.25, -0.2) is 0 Å². The van der Waals surface area contributed by atoms with E-state index in [1.807, 2.05) is 0 Å². The number of nitrogens with zero attached hydrogens (tertiary/aromatic N) is 2. The van der Waals surface area contributed by atoms with Crippen molar-refractivity contribution in [3.8, 4) is 6.07 Å². The molecule has 0 saturated carbocycles. The number of anilines is 1. The van der Waals surface area contributed by atoms with Crippen LogP contribution in [0, 0.1) is 11.3 Å². The molecule has 0 aliphatic heterocycles. The molecule has 2 rings (SSSR count). The van der Waals surface area contributed by atoms with Crippen LogP contribution < -0.4 is 5.32 Å². The number of imide groups is 1. The Labute approximate surface area is 205 Å². The molecule has 188 valence electrons. The first-order chi connectivity index (χ1) is 16.3. The number of rotatable bonds is 8. The lowest BCUT2D eigenvalue weighted by atomic mass is 10.1. The molecule has 0 radical (unpaired) electrons. The van der Waals surface area contributed by atoms with Gasteiger partial charge in [-0.2, -0.15) is 30.2 Å². The summed E-state index contributed by atoms with van der Waals surface area (Å²) in [6.07, 6.45) is 1.18. The summed E-state index contributed by atoms with van der Waals surface area (Å²) < 4.78 is 39.5. The van der Waals surface area contributed by atoms with Crippen molar-refractivity contribution in [3.05, 3.63) is 53.3 Å². The van der Waals surface area contributed by atoms with Gasteiger partial charge in [0.1, 0.15) is 5.60 Å². The molecule has 0 aromatic heterocycles. The summed E-state index contributed by atoms with van der Waals surface area (Å²) >= 11 is 1.25. The Morgan fingerprint density at radius 3 is 2.34 bits per heavy atom. The predicted molar refractivity (Wildman–Crippen MR) is 126 cm³/mol. The molecule has 0 spiro atoms. The SMILES string of the molecule is CCC(=O)N(C(=O)CC)C1=CCC(SC[C@@](C)(O)C(=O)Nc2ccc(C#N)c(C(F)(F)F)c2)C=C1. The maximum absolute atomic E-state index is 13.2. The van der Waals surface area contributed by atoms with E-state index in [0.29, 0.717) is 18.2 Å². The van der Waals surface area contributed by atoms with Crippen molar-refractivity contribution in [2.45, 2.75) is 57.1 Å². The van der Waals surface area contributed by atoms with E-state index in [2.05, 4.69) is 5.32 Å². The van der Waals surface area contributed by atoms with Crippen molar-refractivity contribution in [2.75, 3.05) is 11.1 Å². The minimum absolute atomic E-state index is 0.0646. The van der Waals surface area contributed by atoms with Gasteiger partial charge in [0.15, 0.2) is 0 Å². The van der Waals surface area contributed by atoms with Crippen LogP contribution in [0.25, 0.3) is 0 Å². The zero-order valence-corrected chi connectivity index (χ0v) is 20.3. The molecule has 1 aromatic rings. The van der Waals surface area contributed by atoms with E-state index >= 15 is 0 Å². The largest absolute Gasteiger partial charge is 0.417 e. The third-order valence-corrected chi connectivity index (χ3v) is 6.68. The molecule has 0 fully saturated rings. The number of allylic oxidation sites excluding steroid dienone is 2. The molecule has 7 nitrogen and oxygen atoms in total. The molecule has 2 atom stereocenters. The number of carbonyl (C=O) groups is 3. The number of carbonyl (C=O) groups excluding carboxylic acids is 3. The molecule has 0 bridgehead atoms. The summed E-state index contributed by atoms with van der Waals surface area (Å²) in [7, 11) is 0. The number of hydrogen-bond donors (Lipinski definition) is 2. The number of nitrogens with one attached hydrogen (secondary N) is 1. The molecule has 35 heavy (non-hydrogen) atoms. The van der Waals surface area contributed by atoms with Gasteiger partial charge in [-0.15, -0.1) is 0 Å². The van der Waals surface area contributed by atoms with Crippen LogP contribution >= 0.6 is 11.8 Å². The Morgan fingerprint density at radius 2 is 1.86 bits per heavy atom. The van der Waals surface area contributed by atoms with E-state index in [-0.39, 0.29) is 41.3 Å². The van der Waals surface area contributed by atoms with Gasteiger partial charge in [-0.3, -0.25) is 19.3 Å². The molecule has 0 saturated heterocycles. The van der Waals surface area contributed by atoms with Crippen molar-refractivity contribution < 1.29 is 32.7 Å². The van der Waals surface area contributed by atoms with Crippen molar-refractivity contribution in [1.82, 2.24) is 4.90 Å². The average Bonchev–Trinajstić information content (AvgIpc) is 2.82. The first kappa shape index (κ1) is 28.1. The van der Waals surface area contributed by atoms with Gasteiger partial charge >= 0.3 is 6.18 Å². The normalized spacial score (nSPS) is 17.1. The van der Waals surface area contributed by atoms with Crippen LogP contribution in [0.1, 0.15) is 51.2 Å². The molecule has 0 heterocycles. The van der Waals surface area contributed by atoms with Crippen molar-refractivity contribution >= 4 is 35.2 Å². The number of nitriles is 1. The number of alkyl halides is 3. The van der Waals surface area contributed by atoms with Crippen LogP contribution in [0.4, 0.5) is 18.9 Å². The van der Waals surface area contributed by atoms with Crippen molar-refractivity contribution in [3.63, 3.8) is 0 Å². The van der Waals surface area contributed by atoms with E-state index in [0.717, 1.165) is 17.0 Å². The highest BCUT2D eigenvalue weighted by Crippen LogP contribution is 2.34. The lowest BCUT2D eigenvalue weighted by Crippen LogP contribution is -2.42. The fourth-order valence-electron chi connectivity index (χ4n) is 3.18. The Hall–Kier alpha value is -3.10. The number of aliphatic hydroxyl groups is 1. The Bertz CT molecular complexity index is 1070. The van der Waals surface area contributed by atoms with Crippen LogP contribution in [-0.2, 0) is 20.6 Å². The molecule has 1 unspecified atom stereocenters. The molecule has 2 N–H and O–H groups in total. The van der Waals surface area contributed by atoms with Crippen LogP contribution in [-0.4, -0.2) is 44.3 Å². The van der Waals surface area contributed by atoms with Gasteiger partial charge in [0.2, 0.25) is 11.8 Å². The molecule has 11 heteroatoms. The summed E-state index contributed by atoms with van der Waals surface area (Å²) in [5.41, 5.74) is -3.38. The fourth-order valence-corrected chi connectivity index (χ4v) is 4.27. The van der Waals surface area contributed by atoms with Gasteiger partial charge in [0, 0.05) is 35.2 Å². The molecular formula is C24H26F3N3O4S. The smallest absolute Gasteiger partial charge is 0.379 e. The summed E-state index contributed by atoms with van der Waals surface area (Å²) in [5, 5.41) is 21.6. The lowest BCUT2D eigenvalue weighted by Gasteiger charge is -2.27. The number of benzene rings is 1. The Kier molecular flexibility index (Phi) is 9.29. The zero-order valence-electron chi connectivity index (χ0n) is 19.5. The van der Waals surface area contributed by atoms with Gasteiger partial charge in [-0.05, 0) is 37.6 Å². The highest BCUT2D eigenvalue weighted by molar-refractivity contribution is 8.00. The van der Waals surface area contributed by atoms with E-state index in [1.54, 1.807) is 32.1 Å². The lowest BCUT2D eigenvalue weighted by molar-refractivity contribution is -0.142. The maximum Gasteiger partial charge on any atom is 0.417 e. The number of halogens is 3. The summed E-state index contributed by atoms with van der Waals surface area (Å²) in [5.74, 6) is -1.58. The Balaban J connectivity index is 2.02. The van der Waals surface area contributed by atoms with Crippen LogP contribution in [0.3, 0.4) is 0 Å². The third kappa shape index (κ3) is 7.19. The number of amides is 3. The second-order valence-electron chi connectivity index (χ2n) is 8.00. The summed E-state index contributed by atoms with van der Waals surface area (Å²) in [6, 6.07) is 4.22. The van der Waals surface area contributed by atoms with Gasteiger partial charge < -0.3 is 10.4 Å². The molecule has 1 aliphatic carbocycles. The van der Waals surface area contributed by atoms with Crippen LogP contribution in [0.2, 0.25) is 0 Å². The van der Waals surface area contributed by atoms with Gasteiger partial charge in [0.25, 0.3) is 5.91 Å². The minimum atomic E-state index is -4.77. The first-order valence-corrected chi connectivity index (χ1v) is 11.9. The third-order valence-electron chi connectivity index (χ3n) is 5.17. The van der Waals surface area contributed by atoms with Gasteiger partial charge in [-0.1, -0.05) is 26.0 Å². The van der Waals surface area contributed by atoms with Crippen LogP contribution in [0.5, 0.6) is 0 Å².